The van der Waals surface area contributed by atoms with Gasteiger partial charge < -0.3 is 20.3 Å². The highest BCUT2D eigenvalue weighted by Gasteiger charge is 2.20. The van der Waals surface area contributed by atoms with E-state index >= 15 is 0 Å². The Kier molecular flexibility index (Phi) is 7.53. The molecule has 0 saturated carbocycles. The number of carbonyl (C=O) groups excluding carboxylic acids is 2. The van der Waals surface area contributed by atoms with Gasteiger partial charge in [0.05, 0.1) is 17.3 Å². The zero-order valence-electron chi connectivity index (χ0n) is 17.6. The molecule has 1 aromatic heterocycles. The van der Waals surface area contributed by atoms with Gasteiger partial charge in [-0.3, -0.25) is 9.59 Å². The molecular formula is C24H23Cl2N3O3. The van der Waals surface area contributed by atoms with Crippen molar-refractivity contribution in [3.05, 3.63) is 93.2 Å². The van der Waals surface area contributed by atoms with E-state index in [0.717, 1.165) is 5.56 Å². The van der Waals surface area contributed by atoms with E-state index in [-0.39, 0.29) is 18.3 Å². The molecule has 3 N–H and O–H groups in total. The number of rotatable bonds is 7. The van der Waals surface area contributed by atoms with Crippen molar-refractivity contribution in [1.82, 2.24) is 9.47 Å². The second-order valence-corrected chi connectivity index (χ2v) is 8.14. The average Bonchev–Trinajstić information content (AvgIpc) is 3.26. The highest BCUT2D eigenvalue weighted by atomic mass is 35.5. The van der Waals surface area contributed by atoms with Gasteiger partial charge >= 0.3 is 0 Å². The molecule has 1 unspecified atom stereocenters. The highest BCUT2D eigenvalue weighted by Crippen LogP contribution is 2.32. The molecule has 1 amide bonds. The third kappa shape index (κ3) is 4.95. The molecule has 166 valence electrons. The van der Waals surface area contributed by atoms with Gasteiger partial charge in [0, 0.05) is 42.1 Å². The Morgan fingerprint density at radius 3 is 2.44 bits per heavy atom. The summed E-state index contributed by atoms with van der Waals surface area (Å²) >= 11 is 12.5. The van der Waals surface area contributed by atoms with E-state index in [1.807, 2.05) is 0 Å². The van der Waals surface area contributed by atoms with Crippen LogP contribution in [-0.4, -0.2) is 40.4 Å². The number of nitrogens with zero attached hydrogens (tertiary/aromatic N) is 2. The molecule has 32 heavy (non-hydrogen) atoms. The number of ketones is 1. The summed E-state index contributed by atoms with van der Waals surface area (Å²) in [5.74, 6) is -0.393. The lowest BCUT2D eigenvalue weighted by atomic mass is 10.1. The molecule has 0 aliphatic carbocycles. The summed E-state index contributed by atoms with van der Waals surface area (Å²) in [7, 11) is 3.38. The largest absolute Gasteiger partial charge is 0.392 e. The predicted octanol–water partition coefficient (Wildman–Crippen LogP) is 4.26. The molecule has 0 saturated heterocycles. The first kappa shape index (κ1) is 23.8. The van der Waals surface area contributed by atoms with E-state index in [1.165, 1.54) is 11.0 Å². The fraction of sp³-hybridized carbons (Fsp3) is 0.167. The quantitative estimate of drug-likeness (QED) is 0.503. The van der Waals surface area contributed by atoms with Gasteiger partial charge in [-0.25, -0.2) is 0 Å². The molecule has 1 heterocycles. The molecule has 2 aromatic carbocycles. The van der Waals surface area contributed by atoms with Crippen LogP contribution in [-0.2, 0) is 11.4 Å². The van der Waals surface area contributed by atoms with E-state index in [1.54, 1.807) is 79.5 Å². The van der Waals surface area contributed by atoms with Gasteiger partial charge in [-0.1, -0.05) is 41.4 Å². The molecule has 0 radical (unpaired) electrons. The van der Waals surface area contributed by atoms with E-state index < -0.39 is 6.04 Å². The third-order valence-electron chi connectivity index (χ3n) is 4.99. The Balaban J connectivity index is 1.81. The average molecular weight is 472 g/mol. The summed E-state index contributed by atoms with van der Waals surface area (Å²) in [4.78, 5) is 26.2. The van der Waals surface area contributed by atoms with Crippen LogP contribution in [0.4, 0.5) is 0 Å². The Hall–Kier alpha value is -2.90. The fourth-order valence-corrected chi connectivity index (χ4v) is 3.79. The second kappa shape index (κ2) is 10.1. The number of hydrogen-bond donors (Lipinski definition) is 2. The lowest BCUT2D eigenvalue weighted by molar-refractivity contribution is -0.115. The zero-order chi connectivity index (χ0) is 23.4. The van der Waals surface area contributed by atoms with Crippen molar-refractivity contribution in [2.75, 3.05) is 14.1 Å². The van der Waals surface area contributed by atoms with Crippen LogP contribution in [0.2, 0.25) is 10.0 Å². The molecule has 0 bridgehead atoms. The Morgan fingerprint density at radius 1 is 1.12 bits per heavy atom. The van der Waals surface area contributed by atoms with Crippen LogP contribution in [0.25, 0.3) is 11.8 Å². The lowest BCUT2D eigenvalue weighted by Gasteiger charge is -2.17. The number of aromatic nitrogens is 1. The van der Waals surface area contributed by atoms with Crippen LogP contribution < -0.4 is 5.73 Å². The highest BCUT2D eigenvalue weighted by molar-refractivity contribution is 6.37. The predicted molar refractivity (Wildman–Crippen MR) is 127 cm³/mol. The molecule has 1 atom stereocenters. The van der Waals surface area contributed by atoms with Gasteiger partial charge in [-0.15, -0.1) is 0 Å². The van der Waals surface area contributed by atoms with Crippen LogP contribution in [0.15, 0.2) is 60.8 Å². The number of benzene rings is 2. The molecule has 0 aliphatic rings. The maximum Gasteiger partial charge on any atom is 0.253 e. The Morgan fingerprint density at radius 2 is 1.81 bits per heavy atom. The summed E-state index contributed by atoms with van der Waals surface area (Å²) in [6.45, 7) is -0.311. The first-order valence-corrected chi connectivity index (χ1v) is 10.5. The number of aliphatic hydroxyl groups excluding tert-OH is 1. The molecule has 8 heteroatoms. The molecule has 0 aliphatic heterocycles. The van der Waals surface area contributed by atoms with Gasteiger partial charge in [-0.2, -0.15) is 0 Å². The standard InChI is InChI=1S/C24H23Cl2N3O3/c1-28(2)24(32)16-8-5-15(6-9-16)7-12-21(31)23(27)20-4-3-13-29(20)19-11-10-18(25)17(14-30)22(19)26/h3-13,23,30H,14,27H2,1-2H3/b12-7+. The number of halogens is 2. The third-order valence-corrected chi connectivity index (χ3v) is 5.77. The molecular weight excluding hydrogens is 449 g/mol. The van der Waals surface area contributed by atoms with Crippen LogP contribution in [0.5, 0.6) is 0 Å². The van der Waals surface area contributed by atoms with Gasteiger partial charge in [0.25, 0.3) is 5.91 Å². The van der Waals surface area contributed by atoms with Crippen LogP contribution >= 0.6 is 23.2 Å². The second-order valence-electron chi connectivity index (χ2n) is 7.36. The van der Waals surface area contributed by atoms with Crippen molar-refractivity contribution >= 4 is 41.0 Å². The first-order valence-electron chi connectivity index (χ1n) is 9.79. The summed E-state index contributed by atoms with van der Waals surface area (Å²) in [5, 5.41) is 10.2. The molecule has 3 rings (SSSR count). The van der Waals surface area contributed by atoms with Crippen molar-refractivity contribution in [1.29, 1.82) is 0 Å². The van der Waals surface area contributed by atoms with Gasteiger partial charge in [0.15, 0.2) is 5.78 Å². The summed E-state index contributed by atoms with van der Waals surface area (Å²) in [6, 6.07) is 12.8. The Bertz CT molecular complexity index is 1170. The maximum absolute atomic E-state index is 12.7. The minimum Gasteiger partial charge on any atom is -0.392 e. The minimum atomic E-state index is -0.930. The number of amides is 1. The number of hydrogen-bond acceptors (Lipinski definition) is 4. The minimum absolute atomic E-state index is 0.0930. The maximum atomic E-state index is 12.7. The van der Waals surface area contributed by atoms with Crippen LogP contribution in [0, 0.1) is 0 Å². The SMILES string of the molecule is CN(C)C(=O)c1ccc(/C=C/C(=O)C(N)c2cccn2-c2ccc(Cl)c(CO)c2Cl)cc1. The number of nitrogens with two attached hydrogens (primary N) is 1. The van der Waals surface area contributed by atoms with Crippen molar-refractivity contribution in [3.8, 4) is 5.69 Å². The first-order chi connectivity index (χ1) is 15.2. The normalized spacial score (nSPS) is 12.2. The van der Waals surface area contributed by atoms with Crippen molar-refractivity contribution < 1.29 is 14.7 Å². The van der Waals surface area contributed by atoms with Gasteiger partial charge in [-0.05, 0) is 48.0 Å². The van der Waals surface area contributed by atoms with Gasteiger partial charge in [0.2, 0.25) is 0 Å². The molecule has 3 aromatic rings. The zero-order valence-corrected chi connectivity index (χ0v) is 19.1. The molecule has 0 fully saturated rings. The lowest BCUT2D eigenvalue weighted by Crippen LogP contribution is -2.22. The van der Waals surface area contributed by atoms with E-state index in [0.29, 0.717) is 32.6 Å². The molecule has 6 nitrogen and oxygen atoms in total. The van der Waals surface area contributed by atoms with Crippen molar-refractivity contribution in [2.24, 2.45) is 5.73 Å². The smallest absolute Gasteiger partial charge is 0.253 e. The van der Waals surface area contributed by atoms with E-state index in [2.05, 4.69) is 0 Å². The van der Waals surface area contributed by atoms with E-state index in [9.17, 15) is 14.7 Å². The fourth-order valence-electron chi connectivity index (χ4n) is 3.21. The molecule has 0 spiro atoms. The summed E-state index contributed by atoms with van der Waals surface area (Å²) in [5.41, 5.74) is 9.08. The van der Waals surface area contributed by atoms with Crippen LogP contribution in [0.3, 0.4) is 0 Å². The van der Waals surface area contributed by atoms with Gasteiger partial charge in [0.1, 0.15) is 6.04 Å². The van der Waals surface area contributed by atoms with Crippen LogP contribution in [0.1, 0.15) is 33.2 Å². The summed E-state index contributed by atoms with van der Waals surface area (Å²) in [6.07, 6.45) is 4.80. The monoisotopic (exact) mass is 471 g/mol. The van der Waals surface area contributed by atoms with Crippen molar-refractivity contribution in [2.45, 2.75) is 12.6 Å². The summed E-state index contributed by atoms with van der Waals surface area (Å²) < 4.78 is 1.70. The number of aliphatic hydroxyl groups is 1. The van der Waals surface area contributed by atoms with E-state index in [4.69, 9.17) is 28.9 Å². The topological polar surface area (TPSA) is 88.6 Å². The Labute approximate surface area is 196 Å². The number of carbonyl (C=O) groups is 2. The van der Waals surface area contributed by atoms with Crippen molar-refractivity contribution in [3.63, 3.8) is 0 Å².